The summed E-state index contributed by atoms with van der Waals surface area (Å²) in [5, 5.41) is 8.43. The van der Waals surface area contributed by atoms with Crippen molar-refractivity contribution in [2.24, 2.45) is 0 Å². The second-order valence-corrected chi connectivity index (χ2v) is 5.45. The van der Waals surface area contributed by atoms with Gasteiger partial charge in [-0.1, -0.05) is 0 Å². The molecule has 1 aromatic rings. The summed E-state index contributed by atoms with van der Waals surface area (Å²) < 4.78 is 9.09. The van der Waals surface area contributed by atoms with E-state index in [0.717, 1.165) is 5.56 Å². The number of aldehydes is 1. The van der Waals surface area contributed by atoms with Crippen molar-refractivity contribution in [3.05, 3.63) is 23.0 Å². The minimum atomic E-state index is -0.909. The number of hydrogen-bond acceptors (Lipinski definition) is 5. The molecule has 7 nitrogen and oxygen atoms in total. The van der Waals surface area contributed by atoms with Crippen molar-refractivity contribution >= 4 is 18.7 Å². The van der Waals surface area contributed by atoms with Gasteiger partial charge in [-0.3, -0.25) is 14.4 Å². The van der Waals surface area contributed by atoms with Crippen LogP contribution in [-0.4, -0.2) is 48.1 Å². The maximum Gasteiger partial charge on any atom is 0.309 e. The summed E-state index contributed by atoms with van der Waals surface area (Å²) in [7, 11) is 1.71. The predicted molar refractivity (Wildman–Crippen MR) is 86.7 cm³/mol. The lowest BCUT2D eigenvalue weighted by Gasteiger charge is -2.14. The second kappa shape index (κ2) is 12.4. The van der Waals surface area contributed by atoms with Gasteiger partial charge in [0.15, 0.2) is 6.29 Å². The highest BCUT2D eigenvalue weighted by molar-refractivity contribution is 5.76. The Morgan fingerprint density at radius 1 is 1.35 bits per heavy atom. The number of carbonyl (C=O) groups is 3. The third kappa shape index (κ3) is 14.5. The van der Waals surface area contributed by atoms with Crippen molar-refractivity contribution in [1.29, 1.82) is 0 Å². The summed E-state index contributed by atoms with van der Waals surface area (Å²) in [6.45, 7) is 10.5. The predicted octanol–water partition coefficient (Wildman–Crippen LogP) is 2.37. The van der Waals surface area contributed by atoms with Crippen LogP contribution in [0.1, 0.15) is 49.4 Å². The summed E-state index contributed by atoms with van der Waals surface area (Å²) in [6.07, 6.45) is 0.607. The SMILES string of the molecule is CCOC=O.COC(C)(C)C.Cc1cc(CC(=O)O)[nH]c1C=O. The van der Waals surface area contributed by atoms with Gasteiger partial charge in [-0.05, 0) is 46.2 Å². The molecule has 132 valence electrons. The molecule has 7 heteroatoms. The third-order valence-electron chi connectivity index (χ3n) is 2.42. The molecular formula is C16H27NO6. The molecule has 0 fully saturated rings. The van der Waals surface area contributed by atoms with E-state index in [2.05, 4.69) is 9.72 Å². The van der Waals surface area contributed by atoms with Crippen LogP contribution < -0.4 is 0 Å². The van der Waals surface area contributed by atoms with Crippen LogP contribution in [-0.2, 0) is 25.5 Å². The van der Waals surface area contributed by atoms with Gasteiger partial charge in [0.05, 0.1) is 24.3 Å². The molecule has 23 heavy (non-hydrogen) atoms. The molecule has 1 aromatic heterocycles. The van der Waals surface area contributed by atoms with E-state index < -0.39 is 5.97 Å². The molecule has 1 rings (SSSR count). The van der Waals surface area contributed by atoms with E-state index >= 15 is 0 Å². The van der Waals surface area contributed by atoms with E-state index in [1.807, 2.05) is 20.8 Å². The van der Waals surface area contributed by atoms with Crippen LogP contribution in [0.5, 0.6) is 0 Å². The Balaban J connectivity index is 0. The third-order valence-corrected chi connectivity index (χ3v) is 2.42. The van der Waals surface area contributed by atoms with Gasteiger partial charge in [0.1, 0.15) is 0 Å². The van der Waals surface area contributed by atoms with Crippen LogP contribution in [0.15, 0.2) is 6.07 Å². The Hall–Kier alpha value is -2.15. The number of H-pyrrole nitrogens is 1. The first-order chi connectivity index (χ1) is 10.6. The number of carboxylic acid groups (broad SMARTS) is 1. The lowest BCUT2D eigenvalue weighted by molar-refractivity contribution is -0.136. The number of methoxy groups -OCH3 is 1. The first kappa shape index (κ1) is 23.1. The highest BCUT2D eigenvalue weighted by atomic mass is 16.5. The van der Waals surface area contributed by atoms with E-state index in [9.17, 15) is 14.4 Å². The summed E-state index contributed by atoms with van der Waals surface area (Å²) >= 11 is 0. The zero-order valence-corrected chi connectivity index (χ0v) is 14.6. The number of hydrogen-bond donors (Lipinski definition) is 2. The number of nitrogens with one attached hydrogen (secondary N) is 1. The zero-order chi connectivity index (χ0) is 18.5. The van der Waals surface area contributed by atoms with Gasteiger partial charge in [-0.2, -0.15) is 0 Å². The van der Waals surface area contributed by atoms with E-state index in [-0.39, 0.29) is 12.0 Å². The molecule has 0 spiro atoms. The molecule has 0 aliphatic heterocycles. The Bertz CT molecular complexity index is 473. The number of carbonyl (C=O) groups excluding carboxylic acids is 2. The van der Waals surface area contributed by atoms with Crippen molar-refractivity contribution in [3.8, 4) is 0 Å². The first-order valence-electron chi connectivity index (χ1n) is 7.07. The largest absolute Gasteiger partial charge is 0.481 e. The normalized spacial score (nSPS) is 9.65. The average Bonchev–Trinajstić information content (AvgIpc) is 2.79. The minimum Gasteiger partial charge on any atom is -0.481 e. The van der Waals surface area contributed by atoms with Gasteiger partial charge < -0.3 is 19.6 Å². The lowest BCUT2D eigenvalue weighted by atomic mass is 10.2. The topological polar surface area (TPSA) is 106 Å². The van der Waals surface area contributed by atoms with E-state index in [0.29, 0.717) is 30.8 Å². The monoisotopic (exact) mass is 329 g/mol. The molecule has 0 aromatic carbocycles. The molecule has 0 unspecified atom stereocenters. The number of carboxylic acids is 1. The second-order valence-electron chi connectivity index (χ2n) is 5.45. The van der Waals surface area contributed by atoms with Gasteiger partial charge in [0.2, 0.25) is 0 Å². The molecule has 0 atom stereocenters. The maximum atomic E-state index is 10.3. The summed E-state index contributed by atoms with van der Waals surface area (Å²) in [5.74, 6) is -0.909. The van der Waals surface area contributed by atoms with Gasteiger partial charge in [-0.15, -0.1) is 0 Å². The molecule has 1 heterocycles. The molecule has 0 saturated carbocycles. The fraction of sp³-hybridized carbons (Fsp3) is 0.562. The molecule has 0 aliphatic carbocycles. The molecule has 0 bridgehead atoms. The van der Waals surface area contributed by atoms with Crippen molar-refractivity contribution < 1.29 is 29.0 Å². The fourth-order valence-corrected chi connectivity index (χ4v) is 1.10. The number of aromatic nitrogens is 1. The van der Waals surface area contributed by atoms with Crippen molar-refractivity contribution in [2.75, 3.05) is 13.7 Å². The number of aryl methyl sites for hydroxylation is 1. The van der Waals surface area contributed by atoms with Crippen molar-refractivity contribution in [1.82, 2.24) is 4.98 Å². The summed E-state index contributed by atoms with van der Waals surface area (Å²) in [6, 6.07) is 1.66. The Labute approximate surface area is 137 Å². The zero-order valence-electron chi connectivity index (χ0n) is 14.6. The molecular weight excluding hydrogens is 302 g/mol. The fourth-order valence-electron chi connectivity index (χ4n) is 1.10. The van der Waals surface area contributed by atoms with Crippen LogP contribution in [0.2, 0.25) is 0 Å². The Morgan fingerprint density at radius 3 is 2.09 bits per heavy atom. The van der Waals surface area contributed by atoms with Gasteiger partial charge in [-0.25, -0.2) is 0 Å². The number of rotatable bonds is 5. The van der Waals surface area contributed by atoms with Crippen molar-refractivity contribution in [2.45, 2.75) is 46.6 Å². The minimum absolute atomic E-state index is 0.0417. The number of aliphatic carboxylic acids is 1. The lowest BCUT2D eigenvalue weighted by Crippen LogP contribution is -2.15. The molecule has 2 N–H and O–H groups in total. The van der Waals surface area contributed by atoms with Gasteiger partial charge in [0, 0.05) is 12.8 Å². The van der Waals surface area contributed by atoms with Crippen molar-refractivity contribution in [3.63, 3.8) is 0 Å². The van der Waals surface area contributed by atoms with Gasteiger partial charge in [0.25, 0.3) is 6.47 Å². The average molecular weight is 329 g/mol. The van der Waals surface area contributed by atoms with Crippen LogP contribution in [0.3, 0.4) is 0 Å². The summed E-state index contributed by atoms with van der Waals surface area (Å²) in [5.41, 5.74) is 1.83. The van der Waals surface area contributed by atoms with Crippen LogP contribution in [0, 0.1) is 6.92 Å². The molecule has 0 saturated heterocycles. The molecule has 0 amide bonds. The molecule has 0 aliphatic rings. The van der Waals surface area contributed by atoms with Crippen LogP contribution in [0.25, 0.3) is 0 Å². The Morgan fingerprint density at radius 2 is 1.87 bits per heavy atom. The first-order valence-corrected chi connectivity index (χ1v) is 7.07. The highest BCUT2D eigenvalue weighted by Gasteiger charge is 2.06. The van der Waals surface area contributed by atoms with Crippen LogP contribution in [0.4, 0.5) is 0 Å². The summed E-state index contributed by atoms with van der Waals surface area (Å²) in [4.78, 5) is 32.5. The smallest absolute Gasteiger partial charge is 0.309 e. The number of ether oxygens (including phenoxy) is 2. The van der Waals surface area contributed by atoms with Gasteiger partial charge >= 0.3 is 5.97 Å². The Kier molecular flexibility index (Phi) is 12.5. The maximum absolute atomic E-state index is 10.3. The number of aromatic amines is 1. The van der Waals surface area contributed by atoms with E-state index in [1.54, 1.807) is 27.0 Å². The standard InChI is InChI=1S/C8H9NO3.C5H12O.C3H6O2/c1-5-2-6(3-8(11)12)9-7(5)4-10;1-5(2,3)6-4;1-2-5-3-4/h2,4,9H,3H2,1H3,(H,11,12);1-4H3;3H,2H2,1H3. The highest BCUT2D eigenvalue weighted by Crippen LogP contribution is 2.07. The van der Waals surface area contributed by atoms with E-state index in [1.165, 1.54) is 0 Å². The quantitative estimate of drug-likeness (QED) is 0.803. The molecule has 0 radical (unpaired) electrons. The van der Waals surface area contributed by atoms with Crippen LogP contribution >= 0.6 is 0 Å². The van der Waals surface area contributed by atoms with E-state index in [4.69, 9.17) is 9.84 Å².